The van der Waals surface area contributed by atoms with Crippen molar-refractivity contribution in [3.05, 3.63) is 10.6 Å². The minimum atomic E-state index is -0.704. The Labute approximate surface area is 129 Å². The number of carboxylic acids is 1. The molecule has 21 heavy (non-hydrogen) atoms. The Morgan fingerprint density at radius 2 is 2.05 bits per heavy atom. The molecule has 0 aromatic carbocycles. The molecule has 3 aliphatic rings. The molecular weight excluding hydrogens is 284 g/mol. The van der Waals surface area contributed by atoms with Gasteiger partial charge in [-0.3, -0.25) is 4.79 Å². The number of aryl methyl sites for hydroxylation is 1. The molecule has 4 nitrogen and oxygen atoms in total. The van der Waals surface area contributed by atoms with E-state index in [1.165, 1.54) is 37.0 Å². The largest absolute Gasteiger partial charge is 0.481 e. The van der Waals surface area contributed by atoms with Gasteiger partial charge in [-0.1, -0.05) is 6.42 Å². The fourth-order valence-electron chi connectivity index (χ4n) is 4.46. The van der Waals surface area contributed by atoms with E-state index in [-0.39, 0.29) is 5.92 Å². The predicted octanol–water partition coefficient (Wildman–Crippen LogP) is 3.42. The summed E-state index contributed by atoms with van der Waals surface area (Å²) in [6, 6.07) is 0.662. The molecule has 114 valence electrons. The minimum Gasteiger partial charge on any atom is -0.481 e. The first-order chi connectivity index (χ1) is 10.2. The van der Waals surface area contributed by atoms with E-state index >= 15 is 0 Å². The van der Waals surface area contributed by atoms with Crippen LogP contribution in [0.2, 0.25) is 0 Å². The molecule has 3 atom stereocenters. The van der Waals surface area contributed by atoms with Crippen LogP contribution >= 0.6 is 11.3 Å². The Bertz CT molecular complexity index is 556. The highest BCUT2D eigenvalue weighted by molar-refractivity contribution is 7.15. The lowest BCUT2D eigenvalue weighted by Gasteiger charge is -2.37. The maximum absolute atomic E-state index is 11.4. The highest BCUT2D eigenvalue weighted by atomic mass is 32.1. The van der Waals surface area contributed by atoms with E-state index in [4.69, 9.17) is 4.98 Å². The first-order valence-corrected chi connectivity index (χ1v) is 9.04. The highest BCUT2D eigenvalue weighted by Crippen LogP contribution is 2.43. The summed E-state index contributed by atoms with van der Waals surface area (Å²) < 4.78 is 0. The zero-order valence-electron chi connectivity index (χ0n) is 12.3. The van der Waals surface area contributed by atoms with E-state index in [2.05, 4.69) is 4.90 Å². The molecule has 1 N–H and O–H groups in total. The van der Waals surface area contributed by atoms with Crippen molar-refractivity contribution < 1.29 is 9.90 Å². The van der Waals surface area contributed by atoms with Crippen molar-refractivity contribution in [3.63, 3.8) is 0 Å². The van der Waals surface area contributed by atoms with E-state index in [1.807, 2.05) is 0 Å². The van der Waals surface area contributed by atoms with Crippen molar-refractivity contribution in [2.24, 2.45) is 5.92 Å². The van der Waals surface area contributed by atoms with Gasteiger partial charge in [0.15, 0.2) is 5.13 Å². The monoisotopic (exact) mass is 306 g/mol. The van der Waals surface area contributed by atoms with Gasteiger partial charge in [-0.15, -0.1) is 11.3 Å². The maximum Gasteiger partial charge on any atom is 0.312 e. The van der Waals surface area contributed by atoms with Crippen molar-refractivity contribution >= 4 is 22.4 Å². The van der Waals surface area contributed by atoms with Crippen LogP contribution in [-0.2, 0) is 11.2 Å². The van der Waals surface area contributed by atoms with Gasteiger partial charge >= 0.3 is 5.97 Å². The number of nitrogens with zero attached hydrogens (tertiary/aromatic N) is 2. The SMILES string of the molecule is O=C(O)C1CCCc2sc(N3CCCC4CCCC43)nc21. The third-order valence-corrected chi connectivity index (χ3v) is 6.65. The van der Waals surface area contributed by atoms with E-state index in [0.29, 0.717) is 6.04 Å². The number of aliphatic carboxylic acids is 1. The van der Waals surface area contributed by atoms with Crippen molar-refractivity contribution in [1.29, 1.82) is 0 Å². The molecule has 1 aliphatic heterocycles. The molecule has 1 saturated heterocycles. The van der Waals surface area contributed by atoms with E-state index in [0.717, 1.165) is 42.6 Å². The number of thiazole rings is 1. The summed E-state index contributed by atoms with van der Waals surface area (Å²) in [6.45, 7) is 1.10. The van der Waals surface area contributed by atoms with Gasteiger partial charge in [0.05, 0.1) is 5.69 Å². The van der Waals surface area contributed by atoms with Crippen LogP contribution in [0.3, 0.4) is 0 Å². The summed E-state index contributed by atoms with van der Waals surface area (Å²) in [5.74, 6) is -0.233. The molecule has 1 aromatic heterocycles. The molecular formula is C16H22N2O2S. The number of hydrogen-bond acceptors (Lipinski definition) is 4. The molecule has 0 bridgehead atoms. The van der Waals surface area contributed by atoms with Crippen molar-refractivity contribution in [2.75, 3.05) is 11.4 Å². The Balaban J connectivity index is 1.65. The van der Waals surface area contributed by atoms with Crippen LogP contribution in [0.4, 0.5) is 5.13 Å². The first-order valence-electron chi connectivity index (χ1n) is 8.23. The van der Waals surface area contributed by atoms with E-state index in [1.54, 1.807) is 11.3 Å². The predicted molar refractivity (Wildman–Crippen MR) is 83.1 cm³/mol. The average molecular weight is 306 g/mol. The van der Waals surface area contributed by atoms with Gasteiger partial charge in [-0.2, -0.15) is 0 Å². The van der Waals surface area contributed by atoms with Crippen LogP contribution in [0.25, 0.3) is 0 Å². The summed E-state index contributed by atoms with van der Waals surface area (Å²) in [4.78, 5) is 20.0. The van der Waals surface area contributed by atoms with Gasteiger partial charge in [0.25, 0.3) is 0 Å². The lowest BCUT2D eigenvalue weighted by atomic mass is 9.91. The third-order valence-electron chi connectivity index (χ3n) is 5.48. The highest BCUT2D eigenvalue weighted by Gasteiger charge is 2.38. The fraction of sp³-hybridized carbons (Fsp3) is 0.750. The quantitative estimate of drug-likeness (QED) is 0.909. The van der Waals surface area contributed by atoms with Gasteiger partial charge in [-0.25, -0.2) is 4.98 Å². The fourth-order valence-corrected chi connectivity index (χ4v) is 5.71. The molecule has 2 heterocycles. The smallest absolute Gasteiger partial charge is 0.312 e. The van der Waals surface area contributed by atoms with Crippen LogP contribution in [0.15, 0.2) is 0 Å². The Kier molecular flexibility index (Phi) is 3.40. The van der Waals surface area contributed by atoms with Crippen molar-refractivity contribution in [3.8, 4) is 0 Å². The number of hydrogen-bond donors (Lipinski definition) is 1. The van der Waals surface area contributed by atoms with Crippen LogP contribution in [0, 0.1) is 5.92 Å². The van der Waals surface area contributed by atoms with E-state index in [9.17, 15) is 9.90 Å². The molecule has 1 aromatic rings. The number of carboxylic acid groups (broad SMARTS) is 1. The number of aromatic nitrogens is 1. The molecule has 0 amide bonds. The van der Waals surface area contributed by atoms with Gasteiger partial charge in [0.2, 0.25) is 0 Å². The molecule has 2 fully saturated rings. The van der Waals surface area contributed by atoms with Crippen LogP contribution in [0.1, 0.15) is 61.4 Å². The molecule has 1 saturated carbocycles. The van der Waals surface area contributed by atoms with Gasteiger partial charge in [0, 0.05) is 17.5 Å². The molecule has 2 aliphatic carbocycles. The number of fused-ring (bicyclic) bond motifs is 2. The average Bonchev–Trinajstić information content (AvgIpc) is 3.12. The molecule has 5 heteroatoms. The van der Waals surface area contributed by atoms with Gasteiger partial charge in [0.1, 0.15) is 5.92 Å². The molecule has 0 spiro atoms. The Morgan fingerprint density at radius 1 is 1.19 bits per heavy atom. The third kappa shape index (κ3) is 2.26. The summed E-state index contributed by atoms with van der Waals surface area (Å²) in [5, 5.41) is 10.5. The normalized spacial score (nSPS) is 31.8. The summed E-state index contributed by atoms with van der Waals surface area (Å²) in [6.07, 6.45) is 9.36. The zero-order chi connectivity index (χ0) is 14.4. The number of piperidine rings is 1. The number of carbonyl (C=O) groups is 1. The van der Waals surface area contributed by atoms with Gasteiger partial charge in [-0.05, 0) is 50.9 Å². The molecule has 4 rings (SSSR count). The lowest BCUT2D eigenvalue weighted by molar-refractivity contribution is -0.139. The Morgan fingerprint density at radius 3 is 2.90 bits per heavy atom. The number of rotatable bonds is 2. The van der Waals surface area contributed by atoms with Crippen LogP contribution < -0.4 is 4.90 Å². The topological polar surface area (TPSA) is 53.4 Å². The standard InChI is InChI=1S/C16H22N2O2S/c19-15(20)11-6-2-8-13-14(11)17-16(21-13)18-9-3-5-10-4-1-7-12(10)18/h10-12H,1-9H2,(H,19,20). The number of anilines is 1. The van der Waals surface area contributed by atoms with Crippen molar-refractivity contribution in [1.82, 2.24) is 4.98 Å². The molecule has 0 radical (unpaired) electrons. The van der Waals surface area contributed by atoms with Gasteiger partial charge < -0.3 is 10.0 Å². The second kappa shape index (κ2) is 5.27. The van der Waals surface area contributed by atoms with Crippen LogP contribution in [0.5, 0.6) is 0 Å². The zero-order valence-corrected chi connectivity index (χ0v) is 13.1. The molecule has 3 unspecified atom stereocenters. The summed E-state index contributed by atoms with van der Waals surface area (Å²) >= 11 is 1.76. The lowest BCUT2D eigenvalue weighted by Crippen LogP contribution is -2.42. The summed E-state index contributed by atoms with van der Waals surface area (Å²) in [7, 11) is 0. The second-order valence-electron chi connectivity index (χ2n) is 6.68. The first kappa shape index (κ1) is 13.6. The Hall–Kier alpha value is -1.10. The van der Waals surface area contributed by atoms with E-state index < -0.39 is 5.97 Å². The van der Waals surface area contributed by atoms with Crippen LogP contribution in [-0.4, -0.2) is 28.6 Å². The minimum absolute atomic E-state index is 0.372. The summed E-state index contributed by atoms with van der Waals surface area (Å²) in [5.41, 5.74) is 0.869. The second-order valence-corrected chi connectivity index (χ2v) is 7.74. The maximum atomic E-state index is 11.4. The van der Waals surface area contributed by atoms with Crippen molar-refractivity contribution in [2.45, 2.75) is 63.3 Å².